The Bertz CT molecular complexity index is 1170. The number of thiazole rings is 1. The molecule has 11 heteroatoms. The summed E-state index contributed by atoms with van der Waals surface area (Å²) in [7, 11) is 0. The summed E-state index contributed by atoms with van der Waals surface area (Å²) in [5, 5.41) is 23.8. The lowest BCUT2D eigenvalue weighted by Crippen LogP contribution is -2.46. The number of hydrogen-bond acceptors (Lipinski definition) is 5. The molecule has 2 amide bonds. The highest BCUT2D eigenvalue weighted by molar-refractivity contribution is 7.12. The maximum atomic E-state index is 14.3. The molecule has 0 bridgehead atoms. The van der Waals surface area contributed by atoms with Crippen LogP contribution in [-0.2, 0) is 18.4 Å². The largest absolute Gasteiger partial charge is 0.416 e. The molecule has 0 radical (unpaired) electrons. The molecule has 3 aromatic rings. The monoisotopic (exact) mass is 495 g/mol. The number of rotatable bonds is 4. The highest BCUT2D eigenvalue weighted by Crippen LogP contribution is 2.40. The molecule has 0 unspecified atom stereocenters. The quantitative estimate of drug-likeness (QED) is 0.446. The highest BCUT2D eigenvalue weighted by atomic mass is 32.1. The summed E-state index contributed by atoms with van der Waals surface area (Å²) in [6.45, 7) is -0.0167. The molecular weight excluding hydrogens is 474 g/mol. The van der Waals surface area contributed by atoms with Crippen LogP contribution >= 0.6 is 11.3 Å². The molecule has 1 aliphatic rings. The molecular formula is C23H21F4N3O3S. The Kier molecular flexibility index (Phi) is 6.61. The Balaban J connectivity index is 1.44. The van der Waals surface area contributed by atoms with Crippen molar-refractivity contribution in [1.82, 2.24) is 9.88 Å². The zero-order chi connectivity index (χ0) is 24.5. The minimum absolute atomic E-state index is 0.155. The van der Waals surface area contributed by atoms with Gasteiger partial charge in [0.2, 0.25) is 0 Å². The van der Waals surface area contributed by atoms with Crippen LogP contribution in [0.15, 0.2) is 48.5 Å². The zero-order valence-corrected chi connectivity index (χ0v) is 18.6. The van der Waals surface area contributed by atoms with Crippen LogP contribution in [0.2, 0.25) is 0 Å². The van der Waals surface area contributed by atoms with Crippen molar-refractivity contribution in [2.75, 3.05) is 18.4 Å². The summed E-state index contributed by atoms with van der Waals surface area (Å²) < 4.78 is 52.3. The molecule has 0 saturated carbocycles. The smallest absolute Gasteiger partial charge is 0.391 e. The molecule has 1 saturated heterocycles. The summed E-state index contributed by atoms with van der Waals surface area (Å²) >= 11 is 1.10. The van der Waals surface area contributed by atoms with Gasteiger partial charge in [-0.05, 0) is 36.4 Å². The summed E-state index contributed by atoms with van der Waals surface area (Å²) in [4.78, 5) is 18.9. The third-order valence-electron chi connectivity index (χ3n) is 5.71. The van der Waals surface area contributed by atoms with E-state index in [0.717, 1.165) is 23.5 Å². The number of piperidine rings is 1. The maximum absolute atomic E-state index is 14.3. The number of nitrogens with one attached hydrogen (secondary N) is 1. The lowest BCUT2D eigenvalue weighted by molar-refractivity contribution is -0.137. The number of hydrogen-bond donors (Lipinski definition) is 3. The maximum Gasteiger partial charge on any atom is 0.416 e. The molecule has 1 fully saturated rings. The second kappa shape index (κ2) is 9.32. The Labute approximate surface area is 196 Å². The van der Waals surface area contributed by atoms with Crippen molar-refractivity contribution in [2.45, 2.75) is 31.2 Å². The number of benzene rings is 2. The van der Waals surface area contributed by atoms with Gasteiger partial charge < -0.3 is 20.4 Å². The Hall–Kier alpha value is -3.02. The highest BCUT2D eigenvalue weighted by Gasteiger charge is 2.39. The Morgan fingerprint density at radius 2 is 1.76 bits per heavy atom. The fourth-order valence-electron chi connectivity index (χ4n) is 3.76. The van der Waals surface area contributed by atoms with Gasteiger partial charge in [-0.1, -0.05) is 12.1 Å². The van der Waals surface area contributed by atoms with E-state index < -0.39 is 29.2 Å². The third-order valence-corrected chi connectivity index (χ3v) is 6.94. The van der Waals surface area contributed by atoms with Gasteiger partial charge in [0.05, 0.1) is 22.7 Å². The van der Waals surface area contributed by atoms with E-state index >= 15 is 0 Å². The molecule has 34 heavy (non-hydrogen) atoms. The number of aliphatic hydroxyl groups is 2. The zero-order valence-electron chi connectivity index (χ0n) is 17.8. The van der Waals surface area contributed by atoms with E-state index in [1.165, 1.54) is 23.1 Å². The molecule has 1 aliphatic heterocycles. The number of carbonyl (C=O) groups is 1. The number of likely N-dealkylation sites (tertiary alicyclic amines) is 1. The van der Waals surface area contributed by atoms with Crippen molar-refractivity contribution < 1.29 is 32.6 Å². The lowest BCUT2D eigenvalue weighted by atomic mass is 9.92. The third kappa shape index (κ3) is 4.91. The fourth-order valence-corrected chi connectivity index (χ4v) is 4.84. The van der Waals surface area contributed by atoms with E-state index in [4.69, 9.17) is 0 Å². The molecule has 0 spiro atoms. The van der Waals surface area contributed by atoms with Crippen molar-refractivity contribution in [3.05, 3.63) is 69.8 Å². The number of alkyl halides is 3. The van der Waals surface area contributed by atoms with E-state index in [1.54, 1.807) is 18.2 Å². The van der Waals surface area contributed by atoms with Gasteiger partial charge in [0, 0.05) is 37.2 Å². The van der Waals surface area contributed by atoms with Crippen molar-refractivity contribution in [2.24, 2.45) is 0 Å². The van der Waals surface area contributed by atoms with Gasteiger partial charge in [0.1, 0.15) is 16.4 Å². The van der Waals surface area contributed by atoms with Crippen LogP contribution in [0.25, 0.3) is 11.3 Å². The minimum atomic E-state index is -4.46. The van der Waals surface area contributed by atoms with Gasteiger partial charge >= 0.3 is 12.2 Å². The van der Waals surface area contributed by atoms with Crippen LogP contribution in [0.3, 0.4) is 0 Å². The normalized spacial score (nSPS) is 15.9. The standard InChI is InChI=1S/C23H21F4N3O3S/c24-17-4-2-1-3-16(17)19-18(13-31)34-20(29-19)22(33)9-11-30(12-10-22)21(32)28-15-7-5-14(6-8-15)23(25,26)27/h1-8,31,33H,9-13H2,(H,28,32). The molecule has 1 aromatic heterocycles. The number of anilines is 1. The number of amides is 2. The molecule has 2 heterocycles. The van der Waals surface area contributed by atoms with Gasteiger partial charge in [-0.15, -0.1) is 11.3 Å². The number of aromatic nitrogens is 1. The fraction of sp³-hybridized carbons (Fsp3) is 0.304. The van der Waals surface area contributed by atoms with Crippen molar-refractivity contribution in [1.29, 1.82) is 0 Å². The first kappa shape index (κ1) is 24.1. The van der Waals surface area contributed by atoms with Crippen LogP contribution in [0, 0.1) is 5.82 Å². The van der Waals surface area contributed by atoms with Crippen molar-refractivity contribution in [3.63, 3.8) is 0 Å². The predicted molar refractivity (Wildman–Crippen MR) is 119 cm³/mol. The van der Waals surface area contributed by atoms with E-state index in [9.17, 15) is 32.6 Å². The number of halogens is 4. The van der Waals surface area contributed by atoms with Gasteiger partial charge in [0.25, 0.3) is 0 Å². The van der Waals surface area contributed by atoms with Crippen LogP contribution in [-0.4, -0.2) is 39.2 Å². The second-order valence-corrected chi connectivity index (χ2v) is 9.04. The van der Waals surface area contributed by atoms with Gasteiger partial charge in [-0.3, -0.25) is 0 Å². The number of carbonyl (C=O) groups excluding carboxylic acids is 1. The van der Waals surface area contributed by atoms with Crippen LogP contribution in [0.1, 0.15) is 28.3 Å². The van der Waals surface area contributed by atoms with Crippen LogP contribution in [0.5, 0.6) is 0 Å². The van der Waals surface area contributed by atoms with Crippen molar-refractivity contribution in [3.8, 4) is 11.3 Å². The first-order chi connectivity index (χ1) is 16.1. The van der Waals surface area contributed by atoms with Crippen molar-refractivity contribution >= 4 is 23.1 Å². The summed E-state index contributed by atoms with van der Waals surface area (Å²) in [5.41, 5.74) is -1.44. The summed E-state index contributed by atoms with van der Waals surface area (Å²) in [6, 6.07) is 9.67. The molecule has 0 atom stereocenters. The molecule has 0 aliphatic carbocycles. The first-order valence-corrected chi connectivity index (χ1v) is 11.2. The minimum Gasteiger partial charge on any atom is -0.391 e. The SMILES string of the molecule is O=C(Nc1ccc(C(F)(F)F)cc1)N1CCC(O)(c2nc(-c3ccccc3F)c(CO)s2)CC1. The first-order valence-electron chi connectivity index (χ1n) is 10.4. The van der Waals surface area contributed by atoms with Gasteiger partial charge in [-0.25, -0.2) is 14.2 Å². The average molecular weight is 495 g/mol. The Morgan fingerprint density at radius 1 is 1.12 bits per heavy atom. The summed E-state index contributed by atoms with van der Waals surface area (Å²) in [6.07, 6.45) is -4.15. The number of nitrogens with zero attached hydrogens (tertiary/aromatic N) is 2. The number of aliphatic hydroxyl groups excluding tert-OH is 1. The molecule has 6 nitrogen and oxygen atoms in total. The molecule has 4 rings (SSSR count). The van der Waals surface area contributed by atoms with Gasteiger partial charge in [-0.2, -0.15) is 13.2 Å². The average Bonchev–Trinajstić information content (AvgIpc) is 3.25. The van der Waals surface area contributed by atoms with E-state index in [2.05, 4.69) is 10.3 Å². The predicted octanol–water partition coefficient (Wildman–Crippen LogP) is 4.98. The summed E-state index contributed by atoms with van der Waals surface area (Å²) in [5.74, 6) is -0.490. The van der Waals surface area contributed by atoms with Gasteiger partial charge in [0.15, 0.2) is 0 Å². The molecule has 3 N–H and O–H groups in total. The van der Waals surface area contributed by atoms with E-state index in [-0.39, 0.29) is 49.5 Å². The van der Waals surface area contributed by atoms with Crippen LogP contribution < -0.4 is 5.32 Å². The molecule has 180 valence electrons. The Morgan fingerprint density at radius 3 is 2.35 bits per heavy atom. The van der Waals surface area contributed by atoms with E-state index in [0.29, 0.717) is 9.88 Å². The number of urea groups is 1. The van der Waals surface area contributed by atoms with Crippen LogP contribution in [0.4, 0.5) is 28.0 Å². The molecule has 2 aromatic carbocycles. The topological polar surface area (TPSA) is 85.7 Å². The second-order valence-electron chi connectivity index (χ2n) is 7.95. The lowest BCUT2D eigenvalue weighted by Gasteiger charge is -2.36. The van der Waals surface area contributed by atoms with E-state index in [1.807, 2.05) is 0 Å².